The fourth-order valence-corrected chi connectivity index (χ4v) is 12.2. The summed E-state index contributed by atoms with van der Waals surface area (Å²) in [6.07, 6.45) is 0. The Morgan fingerprint density at radius 2 is 1.15 bits per heavy atom. The Labute approximate surface area is 361 Å². The van der Waals surface area contributed by atoms with E-state index in [9.17, 15) is 0 Å². The number of hydrogen-bond donors (Lipinski definition) is 0. The monoisotopic (exact) mass is 810 g/mol. The van der Waals surface area contributed by atoms with Gasteiger partial charge in [0.1, 0.15) is 22.7 Å². The lowest BCUT2D eigenvalue weighted by atomic mass is 9.66. The number of fused-ring (bicyclic) bond motifs is 16. The van der Waals surface area contributed by atoms with Gasteiger partial charge in [-0.3, -0.25) is 4.99 Å². The number of ether oxygens (including phenoxy) is 1. The Morgan fingerprint density at radius 3 is 2.02 bits per heavy atom. The minimum atomic E-state index is -0.546. The summed E-state index contributed by atoms with van der Waals surface area (Å²) in [5, 5.41) is 4.57. The molecular formula is C57H34N2O2S. The molecule has 4 nitrogen and oxygen atoms in total. The van der Waals surface area contributed by atoms with Crippen LogP contribution < -0.4 is 4.74 Å². The summed E-state index contributed by atoms with van der Waals surface area (Å²) in [7, 11) is 0. The number of aliphatic imine (C=N–C) groups is 2. The standard InChI is InChI=1S/C57H34N2O2S/c1-2-15-36-33(13-1)14-11-20-41(36)56-58-52(55-53(59-56)42-17-4-10-26-51(42)62-55)35-28-30-48-43(31-35)40-19-12-18-37(54(40)61-48)34-27-29-39-38-16-3-5-21-44(38)57(47(39)32-34)45-22-6-8-24-49(45)60-50-25-9-7-23-46(50)57/h1-32,52,55H. The molecule has 0 bridgehead atoms. The van der Waals surface area contributed by atoms with E-state index in [-0.39, 0.29) is 11.3 Å². The molecule has 10 aromatic rings. The van der Waals surface area contributed by atoms with Gasteiger partial charge in [-0.25, -0.2) is 4.99 Å². The molecule has 290 valence electrons. The molecule has 0 N–H and O–H groups in total. The minimum absolute atomic E-state index is 0.0561. The lowest BCUT2D eigenvalue weighted by Gasteiger charge is -2.39. The van der Waals surface area contributed by atoms with E-state index in [1.165, 1.54) is 38.1 Å². The molecule has 4 heterocycles. The topological polar surface area (TPSA) is 47.1 Å². The molecule has 14 rings (SSSR count). The van der Waals surface area contributed by atoms with Crippen molar-refractivity contribution in [3.05, 3.63) is 233 Å². The molecule has 62 heavy (non-hydrogen) atoms. The van der Waals surface area contributed by atoms with Crippen LogP contribution in [0.2, 0.25) is 0 Å². The fraction of sp³-hybridized carbons (Fsp3) is 0.0526. The Kier molecular flexibility index (Phi) is 7.06. The molecule has 2 atom stereocenters. The summed E-state index contributed by atoms with van der Waals surface area (Å²) in [6, 6.07) is 69.6. The third kappa shape index (κ3) is 4.63. The average molecular weight is 811 g/mol. The quantitative estimate of drug-likeness (QED) is 0.179. The van der Waals surface area contributed by atoms with Crippen molar-refractivity contribution in [2.75, 3.05) is 0 Å². The summed E-state index contributed by atoms with van der Waals surface area (Å²) in [6.45, 7) is 0. The lowest BCUT2D eigenvalue weighted by Crippen LogP contribution is -2.32. The maximum absolute atomic E-state index is 6.90. The molecule has 4 aliphatic rings. The average Bonchev–Trinajstić information content (AvgIpc) is 3.99. The van der Waals surface area contributed by atoms with Gasteiger partial charge in [0.05, 0.1) is 22.4 Å². The van der Waals surface area contributed by atoms with E-state index in [1.807, 2.05) is 11.8 Å². The van der Waals surface area contributed by atoms with Crippen molar-refractivity contribution in [3.63, 3.8) is 0 Å². The molecule has 1 aromatic heterocycles. The molecule has 0 amide bonds. The van der Waals surface area contributed by atoms with Crippen molar-refractivity contribution in [2.24, 2.45) is 9.98 Å². The first-order valence-electron chi connectivity index (χ1n) is 21.2. The van der Waals surface area contributed by atoms with E-state index in [4.69, 9.17) is 19.1 Å². The van der Waals surface area contributed by atoms with E-state index in [0.29, 0.717) is 0 Å². The van der Waals surface area contributed by atoms with Crippen LogP contribution in [-0.4, -0.2) is 16.8 Å². The molecule has 0 saturated heterocycles. The number of thioether (sulfide) groups is 1. The summed E-state index contributed by atoms with van der Waals surface area (Å²) >= 11 is 1.87. The van der Waals surface area contributed by atoms with E-state index in [0.717, 1.165) is 83.8 Å². The van der Waals surface area contributed by atoms with Crippen molar-refractivity contribution in [1.82, 2.24) is 0 Å². The van der Waals surface area contributed by atoms with Gasteiger partial charge in [-0.2, -0.15) is 0 Å². The largest absolute Gasteiger partial charge is 0.457 e. The number of amidine groups is 1. The van der Waals surface area contributed by atoms with Crippen molar-refractivity contribution in [1.29, 1.82) is 0 Å². The highest BCUT2D eigenvalue weighted by molar-refractivity contribution is 8.01. The highest BCUT2D eigenvalue weighted by Crippen LogP contribution is 2.62. The van der Waals surface area contributed by atoms with Crippen LogP contribution in [0.4, 0.5) is 0 Å². The van der Waals surface area contributed by atoms with Gasteiger partial charge >= 0.3 is 0 Å². The maximum atomic E-state index is 6.90. The number of furan rings is 1. The van der Waals surface area contributed by atoms with E-state index in [1.54, 1.807) is 0 Å². The molecule has 3 aliphatic heterocycles. The molecule has 0 saturated carbocycles. The number of para-hydroxylation sites is 3. The molecule has 9 aromatic carbocycles. The first-order valence-corrected chi connectivity index (χ1v) is 22.1. The van der Waals surface area contributed by atoms with Gasteiger partial charge in [-0.1, -0.05) is 158 Å². The van der Waals surface area contributed by atoms with Gasteiger partial charge in [-0.05, 0) is 80.6 Å². The predicted molar refractivity (Wildman–Crippen MR) is 252 cm³/mol. The Morgan fingerprint density at radius 1 is 0.484 bits per heavy atom. The normalized spacial score (nSPS) is 17.4. The first kappa shape index (κ1) is 34.3. The summed E-state index contributed by atoms with van der Waals surface area (Å²) in [5.74, 6) is 2.56. The number of hydrogen-bond acceptors (Lipinski definition) is 5. The van der Waals surface area contributed by atoms with Crippen LogP contribution in [0.15, 0.2) is 213 Å². The van der Waals surface area contributed by atoms with Gasteiger partial charge in [0.15, 0.2) is 5.84 Å². The van der Waals surface area contributed by atoms with Crippen LogP contribution in [0, 0.1) is 0 Å². The fourth-order valence-electron chi connectivity index (χ4n) is 10.9. The Balaban J connectivity index is 0.935. The van der Waals surface area contributed by atoms with Crippen molar-refractivity contribution < 1.29 is 9.15 Å². The van der Waals surface area contributed by atoms with Gasteiger partial charge in [-0.15, -0.1) is 11.8 Å². The first-order chi connectivity index (χ1) is 30.7. The summed E-state index contributed by atoms with van der Waals surface area (Å²) in [4.78, 5) is 12.1. The van der Waals surface area contributed by atoms with Gasteiger partial charge in [0, 0.05) is 43.5 Å². The minimum Gasteiger partial charge on any atom is -0.457 e. The highest BCUT2D eigenvalue weighted by Gasteiger charge is 2.51. The third-order valence-corrected chi connectivity index (χ3v) is 14.9. The van der Waals surface area contributed by atoms with Crippen molar-refractivity contribution >= 4 is 56.0 Å². The van der Waals surface area contributed by atoms with Crippen molar-refractivity contribution in [2.45, 2.75) is 21.6 Å². The number of rotatable bonds is 3. The van der Waals surface area contributed by atoms with Crippen LogP contribution in [0.3, 0.4) is 0 Å². The van der Waals surface area contributed by atoms with Crippen LogP contribution >= 0.6 is 11.8 Å². The van der Waals surface area contributed by atoms with Gasteiger partial charge in [0.25, 0.3) is 0 Å². The number of nitrogens with zero attached hydrogens (tertiary/aromatic N) is 2. The van der Waals surface area contributed by atoms with Crippen LogP contribution in [0.1, 0.15) is 45.0 Å². The van der Waals surface area contributed by atoms with Crippen molar-refractivity contribution in [3.8, 4) is 33.8 Å². The zero-order chi connectivity index (χ0) is 40.5. The predicted octanol–water partition coefficient (Wildman–Crippen LogP) is 14.3. The van der Waals surface area contributed by atoms with Gasteiger partial charge in [0.2, 0.25) is 0 Å². The van der Waals surface area contributed by atoms with E-state index < -0.39 is 5.41 Å². The van der Waals surface area contributed by atoms with Crippen LogP contribution in [-0.2, 0) is 5.41 Å². The van der Waals surface area contributed by atoms with Gasteiger partial charge < -0.3 is 9.15 Å². The smallest absolute Gasteiger partial charge is 0.156 e. The molecular weight excluding hydrogens is 777 g/mol. The zero-order valence-electron chi connectivity index (χ0n) is 33.2. The van der Waals surface area contributed by atoms with Crippen LogP contribution in [0.25, 0.3) is 55.0 Å². The van der Waals surface area contributed by atoms with E-state index >= 15 is 0 Å². The summed E-state index contributed by atoms with van der Waals surface area (Å²) < 4.78 is 13.5. The molecule has 0 radical (unpaired) electrons. The SMILES string of the molecule is c1ccc2c(c1)Oc1ccccc1C21c2ccccc2-c2ccc(-c3cccc4c3oc3ccc(C5N=C(c6cccc7ccccc67)N=C6c7ccccc7SC65)cc34)cc21. The Bertz CT molecular complexity index is 3580. The molecule has 5 heteroatoms. The zero-order valence-corrected chi connectivity index (χ0v) is 34.1. The summed E-state index contributed by atoms with van der Waals surface area (Å²) in [5.41, 5.74) is 15.2. The second kappa shape index (κ2) is 12.8. The third-order valence-electron chi connectivity index (χ3n) is 13.5. The molecule has 1 spiro atoms. The highest BCUT2D eigenvalue weighted by atomic mass is 32.2. The molecule has 0 fully saturated rings. The number of benzene rings is 9. The van der Waals surface area contributed by atoms with E-state index in [2.05, 4.69) is 194 Å². The second-order valence-electron chi connectivity index (χ2n) is 16.6. The Hall–Kier alpha value is -7.47. The molecule has 1 aliphatic carbocycles. The second-order valence-corrected chi connectivity index (χ2v) is 17.8. The molecule has 2 unspecified atom stereocenters. The lowest BCUT2D eigenvalue weighted by molar-refractivity contribution is 0.436. The maximum Gasteiger partial charge on any atom is 0.156 e. The van der Waals surface area contributed by atoms with Crippen LogP contribution in [0.5, 0.6) is 11.5 Å².